The summed E-state index contributed by atoms with van der Waals surface area (Å²) in [6.07, 6.45) is 0. The molecule has 0 bridgehead atoms. The molecule has 0 heterocycles. The summed E-state index contributed by atoms with van der Waals surface area (Å²) in [5.41, 5.74) is 3.74. The van der Waals surface area contributed by atoms with Gasteiger partial charge < -0.3 is 10.0 Å². The van der Waals surface area contributed by atoms with E-state index in [9.17, 15) is 19.6 Å². The third kappa shape index (κ3) is 5.15. The van der Waals surface area contributed by atoms with Gasteiger partial charge in [0.05, 0.1) is 11.1 Å². The Morgan fingerprint density at radius 1 is 0.571 bits per heavy atom. The summed E-state index contributed by atoms with van der Waals surface area (Å²) >= 11 is 0. The molecule has 2 N–H and O–H groups in total. The van der Waals surface area contributed by atoms with Gasteiger partial charge in [-0.05, 0) is 17.3 Å². The number of hydrogen-bond acceptors (Lipinski definition) is 6. The first-order valence-electron chi connectivity index (χ1n) is 10.7. The second-order valence-electron chi connectivity index (χ2n) is 7.42. The van der Waals surface area contributed by atoms with Crippen molar-refractivity contribution in [3.63, 3.8) is 0 Å². The Kier molecular flexibility index (Phi) is 7.08. The average Bonchev–Trinajstić information content (AvgIpc) is 2.93. The molecule has 35 heavy (non-hydrogen) atoms. The molecule has 4 aromatic rings. The van der Waals surface area contributed by atoms with Gasteiger partial charge in [0.25, 0.3) is 11.8 Å². The van der Waals surface area contributed by atoms with Crippen molar-refractivity contribution in [2.24, 2.45) is 5.16 Å². The van der Waals surface area contributed by atoms with Gasteiger partial charge >= 0.3 is 0 Å². The molecule has 0 aliphatic heterocycles. The Bertz CT molecular complexity index is 1400. The van der Waals surface area contributed by atoms with Crippen LogP contribution in [0, 0.1) is 0 Å². The molecule has 0 spiro atoms. The van der Waals surface area contributed by atoms with Crippen LogP contribution in [0.1, 0.15) is 47.8 Å². The van der Waals surface area contributed by atoms with Crippen LogP contribution in [-0.4, -0.2) is 28.6 Å². The van der Waals surface area contributed by atoms with E-state index in [-0.39, 0.29) is 39.7 Å². The SMILES string of the molecule is O=C(NOC(=NO)c1ccccc1C(=O)c1ccccc1)c1ccccc1C(=O)c1ccccc1. The Balaban J connectivity index is 1.56. The van der Waals surface area contributed by atoms with Crippen LogP contribution >= 0.6 is 0 Å². The Labute approximate surface area is 201 Å². The lowest BCUT2D eigenvalue weighted by Crippen LogP contribution is -2.29. The van der Waals surface area contributed by atoms with E-state index in [4.69, 9.17) is 4.84 Å². The van der Waals surface area contributed by atoms with Gasteiger partial charge in [-0.3, -0.25) is 14.4 Å². The lowest BCUT2D eigenvalue weighted by Gasteiger charge is -2.13. The van der Waals surface area contributed by atoms with E-state index in [0.717, 1.165) is 0 Å². The highest BCUT2D eigenvalue weighted by Crippen LogP contribution is 2.17. The quantitative estimate of drug-likeness (QED) is 0.142. The number of benzene rings is 4. The van der Waals surface area contributed by atoms with Crippen LogP contribution in [0.4, 0.5) is 0 Å². The lowest BCUT2D eigenvalue weighted by atomic mass is 9.98. The summed E-state index contributed by atoms with van der Waals surface area (Å²) in [4.78, 5) is 44.1. The van der Waals surface area contributed by atoms with E-state index < -0.39 is 5.91 Å². The fourth-order valence-corrected chi connectivity index (χ4v) is 3.52. The summed E-state index contributed by atoms with van der Waals surface area (Å²) in [7, 11) is 0. The highest BCUT2D eigenvalue weighted by molar-refractivity contribution is 6.16. The van der Waals surface area contributed by atoms with Crippen LogP contribution in [0.3, 0.4) is 0 Å². The standard InChI is InChI=1S/C28H20N2O5/c31-25(19-11-3-1-4-12-19)21-15-7-9-17-23(21)27(33)30-35-28(29-34)24-18-10-8-16-22(24)26(32)20-13-5-2-6-14-20/h1-18,34H,(H,30,33). The maximum absolute atomic E-state index is 13.0. The number of carbonyl (C=O) groups excluding carboxylic acids is 3. The first-order valence-corrected chi connectivity index (χ1v) is 10.7. The van der Waals surface area contributed by atoms with Crippen molar-refractivity contribution in [3.8, 4) is 0 Å². The van der Waals surface area contributed by atoms with E-state index in [0.29, 0.717) is 11.1 Å². The van der Waals surface area contributed by atoms with Crippen LogP contribution in [-0.2, 0) is 4.84 Å². The monoisotopic (exact) mass is 464 g/mol. The molecule has 4 aromatic carbocycles. The number of rotatable bonds is 6. The minimum absolute atomic E-state index is 0.0762. The summed E-state index contributed by atoms with van der Waals surface area (Å²) in [5, 5.41) is 12.7. The van der Waals surface area contributed by atoms with Gasteiger partial charge in [0, 0.05) is 22.3 Å². The Morgan fingerprint density at radius 2 is 0.971 bits per heavy atom. The number of oxime groups is 1. The zero-order valence-electron chi connectivity index (χ0n) is 18.4. The van der Waals surface area contributed by atoms with Crippen LogP contribution in [0.15, 0.2) is 114 Å². The van der Waals surface area contributed by atoms with Gasteiger partial charge in [-0.15, -0.1) is 0 Å². The van der Waals surface area contributed by atoms with E-state index in [2.05, 4.69) is 10.6 Å². The molecule has 172 valence electrons. The van der Waals surface area contributed by atoms with Crippen molar-refractivity contribution in [2.45, 2.75) is 0 Å². The molecule has 0 aliphatic carbocycles. The smallest absolute Gasteiger partial charge is 0.288 e. The van der Waals surface area contributed by atoms with E-state index in [1.165, 1.54) is 12.1 Å². The average molecular weight is 464 g/mol. The van der Waals surface area contributed by atoms with Gasteiger partial charge in [-0.25, -0.2) is 0 Å². The number of hydroxylamine groups is 1. The third-order valence-corrected chi connectivity index (χ3v) is 5.22. The highest BCUT2D eigenvalue weighted by atomic mass is 16.7. The van der Waals surface area contributed by atoms with Gasteiger partial charge in [-0.1, -0.05) is 97.1 Å². The topological polar surface area (TPSA) is 105 Å². The summed E-state index contributed by atoms with van der Waals surface area (Å²) in [6, 6.07) is 29.9. The van der Waals surface area contributed by atoms with Crippen LogP contribution in [0.2, 0.25) is 0 Å². The van der Waals surface area contributed by atoms with Crippen molar-refractivity contribution in [1.29, 1.82) is 0 Å². The van der Waals surface area contributed by atoms with Gasteiger partial charge in [-0.2, -0.15) is 5.48 Å². The van der Waals surface area contributed by atoms with Crippen molar-refractivity contribution in [2.75, 3.05) is 0 Å². The molecule has 7 nitrogen and oxygen atoms in total. The Hall–Kier alpha value is -5.04. The normalized spacial score (nSPS) is 10.9. The van der Waals surface area contributed by atoms with Crippen LogP contribution < -0.4 is 5.48 Å². The van der Waals surface area contributed by atoms with Gasteiger partial charge in [0.1, 0.15) is 0 Å². The maximum Gasteiger partial charge on any atom is 0.288 e. The first kappa shape index (κ1) is 23.1. The minimum Gasteiger partial charge on any atom is -0.408 e. The molecule has 0 saturated heterocycles. The third-order valence-electron chi connectivity index (χ3n) is 5.22. The molecule has 0 atom stereocenters. The van der Waals surface area contributed by atoms with Crippen molar-refractivity contribution in [3.05, 3.63) is 143 Å². The second kappa shape index (κ2) is 10.7. The molecule has 0 fully saturated rings. The molecule has 0 saturated carbocycles. The fourth-order valence-electron chi connectivity index (χ4n) is 3.52. The highest BCUT2D eigenvalue weighted by Gasteiger charge is 2.22. The summed E-state index contributed by atoms with van der Waals surface area (Å²) in [6.45, 7) is 0. The zero-order chi connectivity index (χ0) is 24.6. The van der Waals surface area contributed by atoms with Crippen molar-refractivity contribution in [1.82, 2.24) is 5.48 Å². The largest absolute Gasteiger partial charge is 0.408 e. The van der Waals surface area contributed by atoms with E-state index in [1.807, 2.05) is 0 Å². The zero-order valence-corrected chi connectivity index (χ0v) is 18.4. The molecule has 7 heteroatoms. The van der Waals surface area contributed by atoms with Gasteiger partial charge in [0.15, 0.2) is 11.6 Å². The summed E-state index contributed by atoms with van der Waals surface area (Å²) in [5.74, 6) is -1.75. The van der Waals surface area contributed by atoms with Crippen molar-refractivity contribution >= 4 is 23.4 Å². The van der Waals surface area contributed by atoms with Gasteiger partial charge in [0.2, 0.25) is 0 Å². The number of hydrogen-bond donors (Lipinski definition) is 2. The first-order chi connectivity index (χ1) is 17.1. The van der Waals surface area contributed by atoms with E-state index >= 15 is 0 Å². The molecule has 1 amide bonds. The second-order valence-corrected chi connectivity index (χ2v) is 7.42. The molecule has 0 aromatic heterocycles. The number of amides is 1. The lowest BCUT2D eigenvalue weighted by molar-refractivity contribution is 0.0722. The molecule has 0 unspecified atom stereocenters. The molecular formula is C28H20N2O5. The predicted octanol–water partition coefficient (Wildman–Crippen LogP) is 4.65. The minimum atomic E-state index is -0.724. The van der Waals surface area contributed by atoms with Crippen LogP contribution in [0.25, 0.3) is 0 Å². The molecule has 0 radical (unpaired) electrons. The number of carbonyl (C=O) groups is 3. The molecule has 0 aliphatic rings. The number of nitrogens with zero attached hydrogens (tertiary/aromatic N) is 1. The molecular weight excluding hydrogens is 444 g/mol. The number of nitrogens with one attached hydrogen (secondary N) is 1. The predicted molar refractivity (Wildman–Crippen MR) is 130 cm³/mol. The number of ketones is 2. The summed E-state index contributed by atoms with van der Waals surface area (Å²) < 4.78 is 0. The van der Waals surface area contributed by atoms with Crippen LogP contribution in [0.5, 0.6) is 0 Å². The van der Waals surface area contributed by atoms with E-state index in [1.54, 1.807) is 97.1 Å². The fraction of sp³-hybridized carbons (Fsp3) is 0. The Morgan fingerprint density at radius 3 is 1.46 bits per heavy atom. The maximum atomic E-state index is 13.0. The molecule has 4 rings (SSSR count). The van der Waals surface area contributed by atoms with Crippen molar-refractivity contribution < 1.29 is 24.4 Å².